The number of amides is 1. The molecule has 8 nitrogen and oxygen atoms in total. The van der Waals surface area contributed by atoms with Crippen LogP contribution in [0.15, 0.2) is 53.5 Å². The Kier molecular flexibility index (Phi) is 4.93. The van der Waals surface area contributed by atoms with Gasteiger partial charge in [0, 0.05) is 32.2 Å². The average molecular weight is 472 g/mol. The Bertz CT molecular complexity index is 1050. The maximum atomic E-state index is 12.7. The number of carbonyl (C=O) groups excluding carboxylic acids is 1. The Morgan fingerprint density at radius 3 is 2.56 bits per heavy atom. The second kappa shape index (κ2) is 7.23. The van der Waals surface area contributed by atoms with E-state index in [-0.39, 0.29) is 42.0 Å². The highest BCUT2D eigenvalue weighted by Crippen LogP contribution is 2.29. The second-order valence-corrected chi connectivity index (χ2v) is 10.4. The van der Waals surface area contributed by atoms with Gasteiger partial charge in [-0.25, -0.2) is 8.42 Å². The molecule has 0 N–H and O–H groups in total. The van der Waals surface area contributed by atoms with E-state index in [9.17, 15) is 13.2 Å². The third-order valence-corrected chi connectivity index (χ3v) is 8.15. The Balaban J connectivity index is 1.42. The molecule has 0 atom stereocenters. The number of sulfonamides is 1. The van der Waals surface area contributed by atoms with Crippen LogP contribution < -0.4 is 0 Å². The van der Waals surface area contributed by atoms with Crippen LogP contribution in [0, 0.1) is 0 Å². The molecule has 1 aliphatic heterocycles. The lowest BCUT2D eigenvalue weighted by molar-refractivity contribution is 0.0687. The van der Waals surface area contributed by atoms with Gasteiger partial charge in [-0.2, -0.15) is 4.31 Å². The van der Waals surface area contributed by atoms with Gasteiger partial charge in [0.2, 0.25) is 5.76 Å². The van der Waals surface area contributed by atoms with E-state index in [2.05, 4.69) is 21.1 Å². The fourth-order valence-electron chi connectivity index (χ4n) is 2.77. The predicted octanol–water partition coefficient (Wildman–Crippen LogP) is 2.91. The molecule has 1 saturated heterocycles. The lowest BCUT2D eigenvalue weighted by Crippen LogP contribution is -2.50. The molecule has 11 heteroatoms. The predicted molar refractivity (Wildman–Crippen MR) is 101 cm³/mol. The molecule has 27 heavy (non-hydrogen) atoms. The molecule has 142 valence electrons. The number of aromatic nitrogens is 1. The van der Waals surface area contributed by atoms with Crippen molar-refractivity contribution in [3.8, 4) is 11.5 Å². The minimum Gasteiger partial charge on any atom is -0.461 e. The van der Waals surface area contributed by atoms with Gasteiger partial charge in [0.15, 0.2) is 11.5 Å². The van der Waals surface area contributed by atoms with Crippen LogP contribution >= 0.6 is 27.3 Å². The summed E-state index contributed by atoms with van der Waals surface area (Å²) in [5.41, 5.74) is 0.167. The van der Waals surface area contributed by atoms with Crippen LogP contribution in [0.4, 0.5) is 0 Å². The number of hydrogen-bond acceptors (Lipinski definition) is 7. The summed E-state index contributed by atoms with van der Waals surface area (Å²) in [5.74, 6) is 0.555. The first-order chi connectivity index (χ1) is 12.9. The van der Waals surface area contributed by atoms with E-state index in [4.69, 9.17) is 8.94 Å². The molecule has 4 rings (SSSR count). The summed E-state index contributed by atoms with van der Waals surface area (Å²) in [6.45, 7) is 1.03. The van der Waals surface area contributed by atoms with Crippen molar-refractivity contribution >= 4 is 43.2 Å². The van der Waals surface area contributed by atoms with Crippen LogP contribution in [0.3, 0.4) is 0 Å². The van der Waals surface area contributed by atoms with Gasteiger partial charge < -0.3 is 13.8 Å². The van der Waals surface area contributed by atoms with Crippen molar-refractivity contribution in [2.24, 2.45) is 0 Å². The summed E-state index contributed by atoms with van der Waals surface area (Å²) in [6, 6.07) is 8.23. The summed E-state index contributed by atoms with van der Waals surface area (Å²) < 4.78 is 38.1. The normalized spacial score (nSPS) is 16.0. The SMILES string of the molecule is O=C(c1cc(-c2ccco2)on1)N1CCN(S(=O)(=O)c2ccc(Br)s2)CC1. The first-order valence-corrected chi connectivity index (χ1v) is 11.1. The molecule has 0 unspecified atom stereocenters. The van der Waals surface area contributed by atoms with Crippen LogP contribution in [0.2, 0.25) is 0 Å². The van der Waals surface area contributed by atoms with E-state index < -0.39 is 10.0 Å². The highest BCUT2D eigenvalue weighted by atomic mass is 79.9. The lowest BCUT2D eigenvalue weighted by atomic mass is 10.2. The summed E-state index contributed by atoms with van der Waals surface area (Å²) in [6.07, 6.45) is 1.51. The molecule has 3 aromatic rings. The van der Waals surface area contributed by atoms with Gasteiger partial charge in [-0.1, -0.05) is 5.16 Å². The van der Waals surface area contributed by atoms with E-state index in [0.29, 0.717) is 11.5 Å². The molecular weight excluding hydrogens is 458 g/mol. The molecule has 0 saturated carbocycles. The van der Waals surface area contributed by atoms with Crippen molar-refractivity contribution in [1.29, 1.82) is 0 Å². The molecule has 4 heterocycles. The van der Waals surface area contributed by atoms with Gasteiger partial charge in [0.05, 0.1) is 10.0 Å². The number of rotatable bonds is 4. The summed E-state index contributed by atoms with van der Waals surface area (Å²) in [7, 11) is -3.54. The molecule has 0 bridgehead atoms. The zero-order chi connectivity index (χ0) is 19.0. The highest BCUT2D eigenvalue weighted by molar-refractivity contribution is 9.11. The van der Waals surface area contributed by atoms with Crippen LogP contribution in [0.25, 0.3) is 11.5 Å². The van der Waals surface area contributed by atoms with Gasteiger partial charge in [-0.05, 0) is 40.2 Å². The van der Waals surface area contributed by atoms with Crippen LogP contribution in [-0.4, -0.2) is 54.9 Å². The molecule has 1 fully saturated rings. The quantitative estimate of drug-likeness (QED) is 0.580. The van der Waals surface area contributed by atoms with Gasteiger partial charge in [-0.15, -0.1) is 11.3 Å². The smallest absolute Gasteiger partial charge is 0.276 e. The Labute approximate surface area is 167 Å². The monoisotopic (exact) mass is 471 g/mol. The number of nitrogens with zero attached hydrogens (tertiary/aromatic N) is 3. The Hall–Kier alpha value is -1.95. The molecular formula is C16H14BrN3O5S2. The largest absolute Gasteiger partial charge is 0.461 e. The van der Waals surface area contributed by atoms with Crippen molar-refractivity contribution in [3.05, 3.63) is 46.1 Å². The molecule has 0 spiro atoms. The van der Waals surface area contributed by atoms with Crippen molar-refractivity contribution in [3.63, 3.8) is 0 Å². The number of halogens is 1. The third-order valence-electron chi connectivity index (χ3n) is 4.16. The lowest BCUT2D eigenvalue weighted by Gasteiger charge is -2.33. The Morgan fingerprint density at radius 2 is 1.93 bits per heavy atom. The van der Waals surface area contributed by atoms with Crippen LogP contribution in [-0.2, 0) is 10.0 Å². The fraction of sp³-hybridized carbons (Fsp3) is 0.250. The van der Waals surface area contributed by atoms with Gasteiger partial charge >= 0.3 is 0 Å². The maximum absolute atomic E-state index is 12.7. The highest BCUT2D eigenvalue weighted by Gasteiger charge is 2.32. The van der Waals surface area contributed by atoms with Gasteiger partial charge in [0.1, 0.15) is 4.21 Å². The number of carbonyl (C=O) groups is 1. The topological polar surface area (TPSA) is 96.9 Å². The minimum atomic E-state index is -3.54. The van der Waals surface area contributed by atoms with Crippen molar-refractivity contribution in [2.45, 2.75) is 4.21 Å². The fourth-order valence-corrected chi connectivity index (χ4v) is 6.35. The molecule has 0 aromatic carbocycles. The molecule has 1 amide bonds. The second-order valence-electron chi connectivity index (χ2n) is 5.81. The molecule has 3 aromatic heterocycles. The zero-order valence-corrected chi connectivity index (χ0v) is 17.1. The van der Waals surface area contributed by atoms with Crippen molar-refractivity contribution in [1.82, 2.24) is 14.4 Å². The first kappa shape index (κ1) is 18.4. The number of thiophene rings is 1. The van der Waals surface area contributed by atoms with Crippen LogP contribution in [0.5, 0.6) is 0 Å². The Morgan fingerprint density at radius 1 is 1.15 bits per heavy atom. The van der Waals surface area contributed by atoms with E-state index in [0.717, 1.165) is 3.79 Å². The van der Waals surface area contributed by atoms with E-state index in [1.807, 2.05) is 0 Å². The van der Waals surface area contributed by atoms with Gasteiger partial charge in [0.25, 0.3) is 15.9 Å². The van der Waals surface area contributed by atoms with E-state index in [1.54, 1.807) is 29.2 Å². The molecule has 0 aliphatic carbocycles. The summed E-state index contributed by atoms with van der Waals surface area (Å²) in [4.78, 5) is 14.2. The van der Waals surface area contributed by atoms with Crippen LogP contribution in [0.1, 0.15) is 10.5 Å². The number of furan rings is 1. The number of hydrogen-bond donors (Lipinski definition) is 0. The molecule has 0 radical (unpaired) electrons. The minimum absolute atomic E-state index is 0.167. The van der Waals surface area contributed by atoms with Crippen molar-refractivity contribution in [2.75, 3.05) is 26.2 Å². The molecule has 1 aliphatic rings. The first-order valence-electron chi connectivity index (χ1n) is 8.00. The summed E-state index contributed by atoms with van der Waals surface area (Å²) in [5, 5.41) is 3.80. The maximum Gasteiger partial charge on any atom is 0.276 e. The third kappa shape index (κ3) is 3.59. The van der Waals surface area contributed by atoms with Crippen molar-refractivity contribution < 1.29 is 22.2 Å². The standard InChI is InChI=1S/C16H14BrN3O5S2/c17-14-3-4-15(26-14)27(22,23)20-7-5-19(6-8-20)16(21)11-10-13(25-18-11)12-2-1-9-24-12/h1-4,9-10H,5-8H2. The van der Waals surface area contributed by atoms with Gasteiger partial charge in [-0.3, -0.25) is 4.79 Å². The van der Waals surface area contributed by atoms with E-state index >= 15 is 0 Å². The average Bonchev–Trinajstić information content (AvgIpc) is 3.41. The summed E-state index contributed by atoms with van der Waals surface area (Å²) >= 11 is 4.45. The zero-order valence-electron chi connectivity index (χ0n) is 13.9. The van der Waals surface area contributed by atoms with E-state index in [1.165, 1.54) is 28.0 Å². The number of piperazine rings is 1.